The summed E-state index contributed by atoms with van der Waals surface area (Å²) in [5, 5.41) is 3.01. The summed E-state index contributed by atoms with van der Waals surface area (Å²) in [6.45, 7) is 4.85. The molecule has 0 fully saturated rings. The first-order valence-electron chi connectivity index (χ1n) is 6.58. The number of ether oxygens (including phenoxy) is 1. The summed E-state index contributed by atoms with van der Waals surface area (Å²) in [4.78, 5) is 12.4. The van der Waals surface area contributed by atoms with Gasteiger partial charge in [-0.25, -0.2) is 0 Å². The Bertz CT molecular complexity index is 384. The second-order valence-corrected chi connectivity index (χ2v) is 5.19. The minimum absolute atomic E-state index is 0.00537. The molecule has 0 saturated carbocycles. The van der Waals surface area contributed by atoms with Crippen molar-refractivity contribution in [2.24, 2.45) is 5.73 Å². The maximum Gasteiger partial charge on any atom is 0.230 e. The highest BCUT2D eigenvalue weighted by molar-refractivity contribution is 5.87. The fourth-order valence-electron chi connectivity index (χ4n) is 1.95. The van der Waals surface area contributed by atoms with Crippen molar-refractivity contribution in [1.29, 1.82) is 0 Å². The van der Waals surface area contributed by atoms with Gasteiger partial charge in [-0.1, -0.05) is 30.3 Å². The predicted octanol–water partition coefficient (Wildman–Crippen LogP) is 1.44. The van der Waals surface area contributed by atoms with Crippen LogP contribution in [-0.2, 0) is 14.9 Å². The molecule has 0 aliphatic carbocycles. The highest BCUT2D eigenvalue weighted by atomic mass is 16.5. The van der Waals surface area contributed by atoms with Crippen molar-refractivity contribution in [3.63, 3.8) is 0 Å². The average molecular weight is 264 g/mol. The van der Waals surface area contributed by atoms with Crippen molar-refractivity contribution in [3.8, 4) is 0 Å². The Balaban J connectivity index is 2.75. The first kappa shape index (κ1) is 15.7. The van der Waals surface area contributed by atoms with E-state index in [2.05, 4.69) is 5.32 Å². The molecule has 0 bridgehead atoms. The lowest BCUT2D eigenvalue weighted by molar-refractivity contribution is -0.126. The Hall–Kier alpha value is -1.39. The standard InChI is InChI=1S/C15H24N2O2/c1-15(2,12-7-5-4-6-8-12)14(18)17-13(9-10-16)11-19-3/h4-8,13H,9-11,16H2,1-3H3,(H,17,18). The molecule has 0 radical (unpaired) electrons. The maximum absolute atomic E-state index is 12.4. The van der Waals surface area contributed by atoms with Gasteiger partial charge in [0, 0.05) is 7.11 Å². The van der Waals surface area contributed by atoms with Gasteiger partial charge in [-0.2, -0.15) is 0 Å². The van der Waals surface area contributed by atoms with E-state index in [9.17, 15) is 4.79 Å². The van der Waals surface area contributed by atoms with Gasteiger partial charge in [-0.3, -0.25) is 4.79 Å². The van der Waals surface area contributed by atoms with Gasteiger partial charge < -0.3 is 15.8 Å². The molecule has 1 unspecified atom stereocenters. The minimum Gasteiger partial charge on any atom is -0.383 e. The summed E-state index contributed by atoms with van der Waals surface area (Å²) in [7, 11) is 1.62. The smallest absolute Gasteiger partial charge is 0.230 e. The predicted molar refractivity (Wildman–Crippen MR) is 76.9 cm³/mol. The van der Waals surface area contributed by atoms with E-state index in [0.29, 0.717) is 19.6 Å². The summed E-state index contributed by atoms with van der Waals surface area (Å²) in [6, 6.07) is 9.72. The molecule has 1 rings (SSSR count). The third-order valence-electron chi connectivity index (χ3n) is 3.28. The maximum atomic E-state index is 12.4. The Morgan fingerprint density at radius 2 is 2.00 bits per heavy atom. The molecular formula is C15H24N2O2. The number of nitrogens with one attached hydrogen (secondary N) is 1. The molecule has 106 valence electrons. The number of hydrogen-bond acceptors (Lipinski definition) is 3. The molecule has 1 amide bonds. The summed E-state index contributed by atoms with van der Waals surface area (Å²) in [6.07, 6.45) is 0.713. The van der Waals surface area contributed by atoms with Gasteiger partial charge in [0.15, 0.2) is 0 Å². The lowest BCUT2D eigenvalue weighted by Crippen LogP contribution is -2.47. The fourth-order valence-corrected chi connectivity index (χ4v) is 1.95. The molecular weight excluding hydrogens is 240 g/mol. The number of amides is 1. The van der Waals surface area contributed by atoms with E-state index in [4.69, 9.17) is 10.5 Å². The van der Waals surface area contributed by atoms with E-state index in [-0.39, 0.29) is 11.9 Å². The Kier molecular flexibility index (Phi) is 5.99. The molecule has 1 aromatic rings. The van der Waals surface area contributed by atoms with E-state index in [0.717, 1.165) is 5.56 Å². The van der Waals surface area contributed by atoms with E-state index in [1.54, 1.807) is 7.11 Å². The van der Waals surface area contributed by atoms with Crippen molar-refractivity contribution < 1.29 is 9.53 Å². The molecule has 3 N–H and O–H groups in total. The van der Waals surface area contributed by atoms with Gasteiger partial charge in [-0.05, 0) is 32.4 Å². The van der Waals surface area contributed by atoms with E-state index in [1.165, 1.54) is 0 Å². The molecule has 0 saturated heterocycles. The van der Waals surface area contributed by atoms with Crippen molar-refractivity contribution in [2.75, 3.05) is 20.3 Å². The third-order valence-corrected chi connectivity index (χ3v) is 3.28. The molecule has 0 aliphatic heterocycles. The topological polar surface area (TPSA) is 64.3 Å². The van der Waals surface area contributed by atoms with Crippen molar-refractivity contribution in [3.05, 3.63) is 35.9 Å². The zero-order chi connectivity index (χ0) is 14.3. The van der Waals surface area contributed by atoms with Crippen LogP contribution in [0, 0.1) is 0 Å². The van der Waals surface area contributed by atoms with Crippen LogP contribution in [-0.4, -0.2) is 32.2 Å². The van der Waals surface area contributed by atoms with E-state index >= 15 is 0 Å². The van der Waals surface area contributed by atoms with Crippen LogP contribution < -0.4 is 11.1 Å². The highest BCUT2D eigenvalue weighted by Gasteiger charge is 2.30. The number of hydrogen-bond donors (Lipinski definition) is 2. The van der Waals surface area contributed by atoms with E-state index < -0.39 is 5.41 Å². The molecule has 19 heavy (non-hydrogen) atoms. The zero-order valence-corrected chi connectivity index (χ0v) is 12.0. The normalized spacial score (nSPS) is 13.1. The molecule has 1 atom stereocenters. The van der Waals surface area contributed by atoms with Gasteiger partial charge >= 0.3 is 0 Å². The average Bonchev–Trinajstić information content (AvgIpc) is 2.40. The molecule has 0 aliphatic rings. The lowest BCUT2D eigenvalue weighted by Gasteiger charge is -2.27. The van der Waals surface area contributed by atoms with Crippen LogP contribution in [0.1, 0.15) is 25.8 Å². The quantitative estimate of drug-likeness (QED) is 0.783. The van der Waals surface area contributed by atoms with Gasteiger partial charge in [0.2, 0.25) is 5.91 Å². The zero-order valence-electron chi connectivity index (χ0n) is 12.0. The lowest BCUT2D eigenvalue weighted by atomic mass is 9.83. The largest absolute Gasteiger partial charge is 0.383 e. The number of carbonyl (C=O) groups excluding carboxylic acids is 1. The molecule has 1 aromatic carbocycles. The van der Waals surface area contributed by atoms with Crippen LogP contribution in [0.5, 0.6) is 0 Å². The summed E-state index contributed by atoms with van der Waals surface area (Å²) >= 11 is 0. The molecule has 0 heterocycles. The van der Waals surface area contributed by atoms with E-state index in [1.807, 2.05) is 44.2 Å². The van der Waals surface area contributed by atoms with Crippen LogP contribution in [0.4, 0.5) is 0 Å². The second kappa shape index (κ2) is 7.26. The molecule has 0 aromatic heterocycles. The Morgan fingerprint density at radius 3 is 2.53 bits per heavy atom. The van der Waals surface area contributed by atoms with Crippen molar-refractivity contribution in [2.45, 2.75) is 31.7 Å². The van der Waals surface area contributed by atoms with Gasteiger partial charge in [0.25, 0.3) is 0 Å². The van der Waals surface area contributed by atoms with Crippen LogP contribution in [0.2, 0.25) is 0 Å². The van der Waals surface area contributed by atoms with Gasteiger partial charge in [-0.15, -0.1) is 0 Å². The Morgan fingerprint density at radius 1 is 1.37 bits per heavy atom. The van der Waals surface area contributed by atoms with Crippen molar-refractivity contribution in [1.82, 2.24) is 5.32 Å². The number of nitrogens with two attached hydrogens (primary N) is 1. The molecule has 4 heteroatoms. The first-order valence-corrected chi connectivity index (χ1v) is 6.58. The van der Waals surface area contributed by atoms with Crippen LogP contribution in [0.25, 0.3) is 0 Å². The van der Waals surface area contributed by atoms with Gasteiger partial charge in [0.1, 0.15) is 0 Å². The number of methoxy groups -OCH3 is 1. The SMILES string of the molecule is COCC(CCN)NC(=O)C(C)(C)c1ccccc1. The number of carbonyl (C=O) groups is 1. The third kappa shape index (κ3) is 4.33. The van der Waals surface area contributed by atoms with Crippen LogP contribution in [0.15, 0.2) is 30.3 Å². The monoisotopic (exact) mass is 264 g/mol. The minimum atomic E-state index is -0.568. The highest BCUT2D eigenvalue weighted by Crippen LogP contribution is 2.23. The van der Waals surface area contributed by atoms with Crippen molar-refractivity contribution >= 4 is 5.91 Å². The van der Waals surface area contributed by atoms with Crippen LogP contribution >= 0.6 is 0 Å². The molecule has 0 spiro atoms. The molecule has 4 nitrogen and oxygen atoms in total. The summed E-state index contributed by atoms with van der Waals surface area (Å²) in [5.74, 6) is -0.00537. The fraction of sp³-hybridized carbons (Fsp3) is 0.533. The Labute approximate surface area is 115 Å². The van der Waals surface area contributed by atoms with Gasteiger partial charge in [0.05, 0.1) is 18.1 Å². The first-order chi connectivity index (χ1) is 9.02. The second-order valence-electron chi connectivity index (χ2n) is 5.19. The number of benzene rings is 1. The van der Waals surface area contributed by atoms with Crippen LogP contribution in [0.3, 0.4) is 0 Å². The number of rotatable bonds is 7. The summed E-state index contributed by atoms with van der Waals surface area (Å²) < 4.78 is 5.11. The summed E-state index contributed by atoms with van der Waals surface area (Å²) in [5.41, 5.74) is 5.98.